The Bertz CT molecular complexity index is 197. The normalized spacial score (nSPS) is 18.8. The van der Waals surface area contributed by atoms with E-state index in [1.165, 1.54) is 12.8 Å². The van der Waals surface area contributed by atoms with E-state index < -0.39 is 12.8 Å². The maximum atomic E-state index is 11.7. The summed E-state index contributed by atoms with van der Waals surface area (Å²) in [4.78, 5) is 0. The standard InChI is InChI=1S/C10H17ClF3NO/c11-9(8-2-3-8)6-15-4-1-5-16-7-10(12,13)14/h8-9,15H,1-7H2. The second kappa shape index (κ2) is 6.67. The van der Waals surface area contributed by atoms with Crippen LogP contribution in [0.25, 0.3) is 0 Å². The highest BCUT2D eigenvalue weighted by atomic mass is 35.5. The minimum atomic E-state index is -4.22. The fraction of sp³-hybridized carbons (Fsp3) is 1.00. The Morgan fingerprint density at radius 2 is 2.06 bits per heavy atom. The van der Waals surface area contributed by atoms with Crippen LogP contribution in [0.5, 0.6) is 0 Å². The first-order chi connectivity index (χ1) is 7.49. The van der Waals surface area contributed by atoms with Crippen molar-refractivity contribution in [2.75, 3.05) is 26.3 Å². The summed E-state index contributed by atoms with van der Waals surface area (Å²) in [5.74, 6) is 0.635. The molecule has 2 nitrogen and oxygen atoms in total. The lowest BCUT2D eigenvalue weighted by Gasteiger charge is -2.10. The SMILES string of the molecule is FC(F)(F)COCCCNCC(Cl)C1CC1. The molecule has 1 atom stereocenters. The predicted molar refractivity (Wildman–Crippen MR) is 56.7 cm³/mol. The Morgan fingerprint density at radius 3 is 2.62 bits per heavy atom. The average molecular weight is 260 g/mol. The Hall–Kier alpha value is 0. The molecule has 96 valence electrons. The van der Waals surface area contributed by atoms with Crippen molar-refractivity contribution in [2.24, 2.45) is 5.92 Å². The second-order valence-electron chi connectivity index (χ2n) is 4.08. The van der Waals surface area contributed by atoms with Gasteiger partial charge < -0.3 is 10.1 Å². The zero-order chi connectivity index (χ0) is 12.0. The summed E-state index contributed by atoms with van der Waals surface area (Å²) < 4.78 is 39.5. The minimum absolute atomic E-state index is 0.128. The van der Waals surface area contributed by atoms with Crippen LogP contribution in [-0.4, -0.2) is 37.9 Å². The van der Waals surface area contributed by atoms with Gasteiger partial charge in [-0.3, -0.25) is 0 Å². The molecular weight excluding hydrogens is 243 g/mol. The van der Waals surface area contributed by atoms with Crippen LogP contribution >= 0.6 is 11.6 Å². The molecule has 1 N–H and O–H groups in total. The van der Waals surface area contributed by atoms with Gasteiger partial charge in [0.15, 0.2) is 0 Å². The third-order valence-electron chi connectivity index (χ3n) is 2.38. The lowest BCUT2D eigenvalue weighted by molar-refractivity contribution is -0.173. The van der Waals surface area contributed by atoms with Crippen molar-refractivity contribution < 1.29 is 17.9 Å². The summed E-state index contributed by atoms with van der Waals surface area (Å²) in [6.07, 6.45) is -1.25. The van der Waals surface area contributed by atoms with E-state index in [9.17, 15) is 13.2 Å². The van der Waals surface area contributed by atoms with E-state index in [4.69, 9.17) is 11.6 Å². The van der Waals surface area contributed by atoms with Crippen LogP contribution in [0.3, 0.4) is 0 Å². The lowest BCUT2D eigenvalue weighted by Crippen LogP contribution is -2.26. The van der Waals surface area contributed by atoms with E-state index in [1.807, 2.05) is 0 Å². The first-order valence-electron chi connectivity index (χ1n) is 5.48. The summed E-state index contributed by atoms with van der Waals surface area (Å²) in [6, 6.07) is 0. The van der Waals surface area contributed by atoms with E-state index in [-0.39, 0.29) is 12.0 Å². The maximum absolute atomic E-state index is 11.7. The van der Waals surface area contributed by atoms with Crippen LogP contribution in [0.1, 0.15) is 19.3 Å². The fourth-order valence-electron chi connectivity index (χ4n) is 1.35. The summed E-state index contributed by atoms with van der Waals surface area (Å²) >= 11 is 6.04. The van der Waals surface area contributed by atoms with Gasteiger partial charge in [0.2, 0.25) is 0 Å². The smallest absolute Gasteiger partial charge is 0.372 e. The highest BCUT2D eigenvalue weighted by Crippen LogP contribution is 2.35. The van der Waals surface area contributed by atoms with Crippen LogP contribution in [-0.2, 0) is 4.74 Å². The van der Waals surface area contributed by atoms with Crippen molar-refractivity contribution in [3.63, 3.8) is 0 Å². The number of alkyl halides is 4. The van der Waals surface area contributed by atoms with Crippen molar-refractivity contribution in [3.05, 3.63) is 0 Å². The van der Waals surface area contributed by atoms with Gasteiger partial charge in [-0.25, -0.2) is 0 Å². The fourth-order valence-corrected chi connectivity index (χ4v) is 1.71. The van der Waals surface area contributed by atoms with Crippen molar-refractivity contribution in [1.29, 1.82) is 0 Å². The molecule has 1 rings (SSSR count). The topological polar surface area (TPSA) is 21.3 Å². The van der Waals surface area contributed by atoms with E-state index >= 15 is 0 Å². The van der Waals surface area contributed by atoms with Gasteiger partial charge in [0, 0.05) is 18.5 Å². The average Bonchev–Trinajstić information content (AvgIpc) is 2.97. The number of halogens is 4. The molecule has 0 spiro atoms. The molecule has 0 heterocycles. The quantitative estimate of drug-likeness (QED) is 0.534. The summed E-state index contributed by atoms with van der Waals surface area (Å²) in [7, 11) is 0. The molecule has 1 saturated carbocycles. The van der Waals surface area contributed by atoms with E-state index in [0.29, 0.717) is 18.9 Å². The highest BCUT2D eigenvalue weighted by molar-refractivity contribution is 6.21. The number of rotatable bonds is 8. The highest BCUT2D eigenvalue weighted by Gasteiger charge is 2.29. The molecule has 0 aromatic heterocycles. The van der Waals surface area contributed by atoms with Crippen LogP contribution < -0.4 is 5.32 Å². The molecule has 0 saturated heterocycles. The van der Waals surface area contributed by atoms with E-state index in [0.717, 1.165) is 6.54 Å². The Kier molecular flexibility index (Phi) is 5.86. The Morgan fingerprint density at radius 1 is 1.38 bits per heavy atom. The van der Waals surface area contributed by atoms with Gasteiger partial charge in [-0.15, -0.1) is 11.6 Å². The molecule has 0 radical (unpaired) electrons. The van der Waals surface area contributed by atoms with Crippen LogP contribution in [0, 0.1) is 5.92 Å². The van der Waals surface area contributed by atoms with Gasteiger partial charge in [0.25, 0.3) is 0 Å². The number of nitrogens with one attached hydrogen (secondary N) is 1. The predicted octanol–water partition coefficient (Wildman–Crippen LogP) is 2.56. The first-order valence-corrected chi connectivity index (χ1v) is 5.92. The molecule has 16 heavy (non-hydrogen) atoms. The van der Waals surface area contributed by atoms with Gasteiger partial charge in [-0.2, -0.15) is 13.2 Å². The third-order valence-corrected chi connectivity index (χ3v) is 2.89. The second-order valence-corrected chi connectivity index (χ2v) is 4.64. The number of hydrogen-bond acceptors (Lipinski definition) is 2. The van der Waals surface area contributed by atoms with Crippen LogP contribution in [0.4, 0.5) is 13.2 Å². The molecule has 1 unspecified atom stereocenters. The minimum Gasteiger partial charge on any atom is -0.372 e. The molecule has 6 heteroatoms. The zero-order valence-electron chi connectivity index (χ0n) is 9.02. The van der Waals surface area contributed by atoms with Gasteiger partial charge in [-0.1, -0.05) is 0 Å². The molecule has 0 aromatic rings. The van der Waals surface area contributed by atoms with Crippen LogP contribution in [0.15, 0.2) is 0 Å². The molecule has 0 bridgehead atoms. The molecule has 0 aliphatic heterocycles. The number of ether oxygens (including phenoxy) is 1. The molecule has 1 fully saturated rings. The lowest BCUT2D eigenvalue weighted by atomic mass is 10.3. The Labute approximate surface area is 98.5 Å². The molecule has 1 aliphatic rings. The monoisotopic (exact) mass is 259 g/mol. The summed E-state index contributed by atoms with van der Waals surface area (Å²) in [5.41, 5.74) is 0. The van der Waals surface area contributed by atoms with Gasteiger partial charge >= 0.3 is 6.18 Å². The molecule has 0 aromatic carbocycles. The van der Waals surface area contributed by atoms with Crippen molar-refractivity contribution in [2.45, 2.75) is 30.8 Å². The van der Waals surface area contributed by atoms with Crippen molar-refractivity contribution >= 4 is 11.6 Å². The number of hydrogen-bond donors (Lipinski definition) is 1. The largest absolute Gasteiger partial charge is 0.411 e. The van der Waals surface area contributed by atoms with Crippen molar-refractivity contribution in [3.8, 4) is 0 Å². The van der Waals surface area contributed by atoms with Crippen LogP contribution in [0.2, 0.25) is 0 Å². The van der Waals surface area contributed by atoms with Crippen molar-refractivity contribution in [1.82, 2.24) is 5.32 Å². The molecule has 0 amide bonds. The van der Waals surface area contributed by atoms with Gasteiger partial charge in [0.1, 0.15) is 6.61 Å². The van der Waals surface area contributed by atoms with Gasteiger partial charge in [0.05, 0.1) is 0 Å². The summed E-state index contributed by atoms with van der Waals surface area (Å²) in [5, 5.41) is 3.27. The third kappa shape index (κ3) is 7.30. The maximum Gasteiger partial charge on any atom is 0.411 e. The molecular formula is C10H17ClF3NO. The van der Waals surface area contributed by atoms with E-state index in [1.54, 1.807) is 0 Å². The van der Waals surface area contributed by atoms with E-state index in [2.05, 4.69) is 10.1 Å². The summed E-state index contributed by atoms with van der Waals surface area (Å²) in [6.45, 7) is 0.343. The molecule has 1 aliphatic carbocycles. The first kappa shape index (κ1) is 14.1. The van der Waals surface area contributed by atoms with Gasteiger partial charge in [-0.05, 0) is 31.7 Å². The zero-order valence-corrected chi connectivity index (χ0v) is 9.78. The Balaban J connectivity index is 1.81.